The molecule has 0 saturated carbocycles. The van der Waals surface area contributed by atoms with Crippen LogP contribution in [0.15, 0.2) is 33.3 Å². The van der Waals surface area contributed by atoms with Crippen molar-refractivity contribution in [2.75, 3.05) is 5.32 Å². The zero-order chi connectivity index (χ0) is 12.4. The number of rotatable bonds is 2. The van der Waals surface area contributed by atoms with E-state index in [0.29, 0.717) is 5.76 Å². The van der Waals surface area contributed by atoms with E-state index in [1.165, 1.54) is 12.1 Å². The predicted molar refractivity (Wildman–Crippen MR) is 63.3 cm³/mol. The summed E-state index contributed by atoms with van der Waals surface area (Å²) in [5, 5.41) is 5.96. The monoisotopic (exact) mass is 298 g/mol. The van der Waals surface area contributed by atoms with Crippen LogP contribution in [-0.2, 0) is 0 Å². The summed E-state index contributed by atoms with van der Waals surface area (Å²) < 4.78 is 18.6. The van der Waals surface area contributed by atoms with E-state index in [1.54, 1.807) is 19.1 Å². The van der Waals surface area contributed by atoms with Crippen LogP contribution >= 0.6 is 15.9 Å². The molecule has 1 aromatic carbocycles. The average molecular weight is 299 g/mol. The molecule has 88 valence electrons. The van der Waals surface area contributed by atoms with E-state index >= 15 is 0 Å². The Balaban J connectivity index is 2.21. The molecule has 0 bridgehead atoms. The lowest BCUT2D eigenvalue weighted by Gasteiger charge is -2.04. The fourth-order valence-corrected chi connectivity index (χ4v) is 1.63. The van der Waals surface area contributed by atoms with Crippen molar-refractivity contribution in [1.29, 1.82) is 0 Å². The molecule has 2 aromatic rings. The van der Waals surface area contributed by atoms with E-state index in [4.69, 9.17) is 4.52 Å². The lowest BCUT2D eigenvalue weighted by Crippen LogP contribution is -2.13. The molecule has 0 fully saturated rings. The van der Waals surface area contributed by atoms with E-state index in [9.17, 15) is 9.18 Å². The highest BCUT2D eigenvalue weighted by Gasteiger charge is 2.14. The molecular weight excluding hydrogens is 291 g/mol. The number of aromatic nitrogens is 1. The highest BCUT2D eigenvalue weighted by atomic mass is 79.9. The quantitative estimate of drug-likeness (QED) is 0.927. The number of halogens is 2. The average Bonchev–Trinajstić information content (AvgIpc) is 2.72. The molecule has 0 atom stereocenters. The van der Waals surface area contributed by atoms with Crippen molar-refractivity contribution < 1.29 is 13.7 Å². The van der Waals surface area contributed by atoms with Gasteiger partial charge in [0.25, 0.3) is 5.91 Å². The second kappa shape index (κ2) is 4.67. The van der Waals surface area contributed by atoms with Crippen LogP contribution in [0.2, 0.25) is 0 Å². The van der Waals surface area contributed by atoms with E-state index in [0.717, 1.165) is 0 Å². The number of carbonyl (C=O) groups excluding carboxylic acids is 1. The fourth-order valence-electron chi connectivity index (χ4n) is 1.26. The Morgan fingerprint density at radius 3 is 2.94 bits per heavy atom. The molecule has 1 amide bonds. The summed E-state index contributed by atoms with van der Waals surface area (Å²) in [6, 6.07) is 6.11. The van der Waals surface area contributed by atoms with Crippen LogP contribution in [0.3, 0.4) is 0 Å². The summed E-state index contributed by atoms with van der Waals surface area (Å²) in [6.45, 7) is 1.67. The second-order valence-electron chi connectivity index (χ2n) is 3.38. The first-order chi connectivity index (χ1) is 8.08. The number of aryl methyl sites for hydroxylation is 1. The van der Waals surface area contributed by atoms with Crippen molar-refractivity contribution in [1.82, 2.24) is 5.16 Å². The Morgan fingerprint density at radius 2 is 2.29 bits per heavy atom. The summed E-state index contributed by atoms with van der Waals surface area (Å²) in [7, 11) is 0. The number of amides is 1. The summed E-state index contributed by atoms with van der Waals surface area (Å²) >= 11 is 3.04. The molecule has 0 saturated heterocycles. The summed E-state index contributed by atoms with van der Waals surface area (Å²) in [5.41, 5.74) is 0.201. The topological polar surface area (TPSA) is 55.1 Å². The number of anilines is 1. The minimum atomic E-state index is -0.527. The van der Waals surface area contributed by atoms with Gasteiger partial charge in [-0.05, 0) is 35.0 Å². The largest absolute Gasteiger partial charge is 0.361 e. The molecule has 1 aromatic heterocycles. The van der Waals surface area contributed by atoms with Gasteiger partial charge < -0.3 is 9.84 Å². The Hall–Kier alpha value is -1.69. The maximum atomic E-state index is 13.6. The van der Waals surface area contributed by atoms with Crippen molar-refractivity contribution in [3.8, 4) is 0 Å². The highest BCUT2D eigenvalue weighted by molar-refractivity contribution is 9.10. The Kier molecular flexibility index (Phi) is 3.23. The van der Waals surface area contributed by atoms with Crippen LogP contribution in [0.4, 0.5) is 10.1 Å². The summed E-state index contributed by atoms with van der Waals surface area (Å²) in [4.78, 5) is 11.7. The first-order valence-electron chi connectivity index (χ1n) is 4.76. The number of nitrogens with zero attached hydrogens (tertiary/aromatic N) is 1. The van der Waals surface area contributed by atoms with Crippen LogP contribution in [-0.4, -0.2) is 11.1 Å². The van der Waals surface area contributed by atoms with Crippen molar-refractivity contribution in [2.45, 2.75) is 6.92 Å². The van der Waals surface area contributed by atoms with E-state index < -0.39 is 11.7 Å². The summed E-state index contributed by atoms with van der Waals surface area (Å²) in [6.07, 6.45) is 0. The zero-order valence-corrected chi connectivity index (χ0v) is 10.4. The van der Waals surface area contributed by atoms with Gasteiger partial charge in [0.05, 0.1) is 10.2 Å². The first kappa shape index (κ1) is 11.8. The number of hydrogen-bond donors (Lipinski definition) is 1. The van der Waals surface area contributed by atoms with E-state index in [1.807, 2.05) is 0 Å². The van der Waals surface area contributed by atoms with Gasteiger partial charge in [0.2, 0.25) is 0 Å². The van der Waals surface area contributed by atoms with Crippen molar-refractivity contribution >= 4 is 27.5 Å². The smallest absolute Gasteiger partial charge is 0.277 e. The molecule has 0 aliphatic carbocycles. The van der Waals surface area contributed by atoms with Gasteiger partial charge in [-0.2, -0.15) is 0 Å². The normalized spacial score (nSPS) is 10.3. The van der Waals surface area contributed by atoms with Crippen molar-refractivity contribution in [2.24, 2.45) is 0 Å². The Bertz CT molecular complexity index is 568. The molecule has 6 heteroatoms. The maximum absolute atomic E-state index is 13.6. The third-order valence-electron chi connectivity index (χ3n) is 2.06. The van der Waals surface area contributed by atoms with Crippen LogP contribution in [0.1, 0.15) is 16.2 Å². The molecule has 1 N–H and O–H groups in total. The van der Waals surface area contributed by atoms with Gasteiger partial charge in [-0.1, -0.05) is 11.2 Å². The van der Waals surface area contributed by atoms with Gasteiger partial charge in [-0.25, -0.2) is 4.39 Å². The molecule has 2 rings (SSSR count). The molecule has 4 nitrogen and oxygen atoms in total. The van der Waals surface area contributed by atoms with Crippen LogP contribution < -0.4 is 5.32 Å². The van der Waals surface area contributed by atoms with E-state index in [2.05, 4.69) is 26.4 Å². The molecule has 0 radical (unpaired) electrons. The molecule has 0 aliphatic rings. The zero-order valence-electron chi connectivity index (χ0n) is 8.83. The fraction of sp³-hybridized carbons (Fsp3) is 0.0909. The molecular formula is C11H8BrFN2O2. The van der Waals surface area contributed by atoms with Gasteiger partial charge in [-0.15, -0.1) is 0 Å². The minimum absolute atomic E-state index is 0.0880. The van der Waals surface area contributed by atoms with Crippen LogP contribution in [0.25, 0.3) is 0 Å². The van der Waals surface area contributed by atoms with Gasteiger partial charge in [0.1, 0.15) is 5.76 Å². The number of carbonyl (C=O) groups is 1. The summed E-state index contributed by atoms with van der Waals surface area (Å²) in [5.74, 6) is -0.523. The third-order valence-corrected chi connectivity index (χ3v) is 2.67. The molecule has 0 unspecified atom stereocenters. The number of benzene rings is 1. The molecule has 17 heavy (non-hydrogen) atoms. The van der Waals surface area contributed by atoms with Crippen LogP contribution in [0, 0.1) is 12.7 Å². The molecule has 1 heterocycles. The van der Waals surface area contributed by atoms with E-state index in [-0.39, 0.29) is 15.9 Å². The highest BCUT2D eigenvalue weighted by Crippen LogP contribution is 2.22. The number of hydrogen-bond acceptors (Lipinski definition) is 3. The van der Waals surface area contributed by atoms with Gasteiger partial charge in [-0.3, -0.25) is 4.79 Å². The second-order valence-corrected chi connectivity index (χ2v) is 4.23. The number of nitrogens with one attached hydrogen (secondary N) is 1. The SMILES string of the molecule is Cc1cc(C(=O)Nc2cccc(Br)c2F)no1. The first-order valence-corrected chi connectivity index (χ1v) is 5.56. The standard InChI is InChI=1S/C11H8BrFN2O2/c1-6-5-9(15-17-6)11(16)14-8-4-2-3-7(12)10(8)13/h2-5H,1H3,(H,14,16). The van der Waals surface area contributed by atoms with Gasteiger partial charge in [0.15, 0.2) is 11.5 Å². The third kappa shape index (κ3) is 2.52. The Labute approximate surface area is 105 Å². The lowest BCUT2D eigenvalue weighted by atomic mass is 10.3. The van der Waals surface area contributed by atoms with Crippen molar-refractivity contribution in [3.05, 3.63) is 46.0 Å². The van der Waals surface area contributed by atoms with Crippen LogP contribution in [0.5, 0.6) is 0 Å². The predicted octanol–water partition coefficient (Wildman–Crippen LogP) is 3.14. The van der Waals surface area contributed by atoms with Gasteiger partial charge in [0, 0.05) is 6.07 Å². The minimum Gasteiger partial charge on any atom is -0.361 e. The lowest BCUT2D eigenvalue weighted by molar-refractivity contribution is 0.101. The molecule has 0 aliphatic heterocycles. The van der Waals surface area contributed by atoms with Gasteiger partial charge >= 0.3 is 0 Å². The Morgan fingerprint density at radius 1 is 1.53 bits per heavy atom. The van der Waals surface area contributed by atoms with Crippen molar-refractivity contribution in [3.63, 3.8) is 0 Å². The maximum Gasteiger partial charge on any atom is 0.277 e. The molecule has 0 spiro atoms.